The zero-order valence-electron chi connectivity index (χ0n) is 15.9. The average molecular weight is 360 g/mol. The minimum atomic E-state index is -0.202. The third-order valence-corrected chi connectivity index (χ3v) is 4.70. The van der Waals surface area contributed by atoms with Crippen LogP contribution in [0.5, 0.6) is 5.75 Å². The normalized spacial score (nSPS) is 16.7. The largest absolute Gasteiger partial charge is 0.492 e. The van der Waals surface area contributed by atoms with Crippen molar-refractivity contribution in [2.45, 2.75) is 32.6 Å². The van der Waals surface area contributed by atoms with Gasteiger partial charge in [-0.1, -0.05) is 44.1 Å². The molecule has 1 aliphatic rings. The summed E-state index contributed by atoms with van der Waals surface area (Å²) in [5, 5.41) is 0. The minimum Gasteiger partial charge on any atom is -0.492 e. The van der Waals surface area contributed by atoms with Gasteiger partial charge in [-0.15, -0.1) is 0 Å². The lowest BCUT2D eigenvalue weighted by atomic mass is 9.97. The molecule has 26 heavy (non-hydrogen) atoms. The highest BCUT2D eigenvalue weighted by Gasteiger charge is 2.12. The predicted molar refractivity (Wildman–Crippen MR) is 105 cm³/mol. The van der Waals surface area contributed by atoms with Gasteiger partial charge in [-0.25, -0.2) is 0 Å². The van der Waals surface area contributed by atoms with Crippen molar-refractivity contribution >= 4 is 12.0 Å². The molecule has 0 spiro atoms. The van der Waals surface area contributed by atoms with Crippen LogP contribution >= 0.6 is 0 Å². The molecule has 2 rings (SSSR count). The predicted octanol–water partition coefficient (Wildman–Crippen LogP) is 3.09. The van der Waals surface area contributed by atoms with Crippen LogP contribution in [0, 0.1) is 5.92 Å². The summed E-state index contributed by atoms with van der Waals surface area (Å²) in [5.41, 5.74) is 6.58. The van der Waals surface area contributed by atoms with Crippen LogP contribution in [0.3, 0.4) is 0 Å². The molecule has 5 nitrogen and oxygen atoms in total. The lowest BCUT2D eigenvalue weighted by molar-refractivity contribution is -0.121. The lowest BCUT2D eigenvalue weighted by Crippen LogP contribution is -2.38. The maximum Gasteiger partial charge on any atom is 0.220 e. The highest BCUT2D eigenvalue weighted by molar-refractivity contribution is 5.76. The molecular weight excluding hydrogens is 328 g/mol. The molecule has 0 saturated carbocycles. The van der Waals surface area contributed by atoms with Gasteiger partial charge in [-0.05, 0) is 30.5 Å². The molecule has 144 valence electrons. The first-order valence-electron chi connectivity index (χ1n) is 9.68. The van der Waals surface area contributed by atoms with Gasteiger partial charge in [0, 0.05) is 25.6 Å². The number of hydrogen-bond acceptors (Lipinski definition) is 4. The van der Waals surface area contributed by atoms with Crippen molar-refractivity contribution in [3.63, 3.8) is 0 Å². The van der Waals surface area contributed by atoms with E-state index in [0.717, 1.165) is 63.4 Å². The summed E-state index contributed by atoms with van der Waals surface area (Å²) >= 11 is 0. The Kier molecular flexibility index (Phi) is 9.21. The number of hydrogen-bond donors (Lipinski definition) is 1. The van der Waals surface area contributed by atoms with E-state index in [1.165, 1.54) is 0 Å². The van der Waals surface area contributed by atoms with Gasteiger partial charge < -0.3 is 15.2 Å². The van der Waals surface area contributed by atoms with Crippen LogP contribution in [0.1, 0.15) is 38.2 Å². The molecule has 1 amide bonds. The van der Waals surface area contributed by atoms with Gasteiger partial charge >= 0.3 is 0 Å². The molecule has 1 atom stereocenters. The fourth-order valence-corrected chi connectivity index (χ4v) is 2.99. The third-order valence-electron chi connectivity index (χ3n) is 4.70. The number of primary amides is 1. The maximum absolute atomic E-state index is 11.5. The Morgan fingerprint density at radius 2 is 2.04 bits per heavy atom. The molecule has 0 aliphatic carbocycles. The van der Waals surface area contributed by atoms with Crippen LogP contribution in [0.15, 0.2) is 30.3 Å². The van der Waals surface area contributed by atoms with Crippen molar-refractivity contribution in [1.82, 2.24) is 4.90 Å². The van der Waals surface area contributed by atoms with E-state index in [4.69, 9.17) is 15.2 Å². The summed E-state index contributed by atoms with van der Waals surface area (Å²) < 4.78 is 11.2. The van der Waals surface area contributed by atoms with Gasteiger partial charge in [0.25, 0.3) is 0 Å². The summed E-state index contributed by atoms with van der Waals surface area (Å²) in [4.78, 5) is 13.8. The van der Waals surface area contributed by atoms with E-state index in [9.17, 15) is 4.79 Å². The van der Waals surface area contributed by atoms with Gasteiger partial charge in [-0.3, -0.25) is 9.69 Å². The van der Waals surface area contributed by atoms with Crippen LogP contribution < -0.4 is 10.5 Å². The van der Waals surface area contributed by atoms with E-state index in [-0.39, 0.29) is 11.8 Å². The average Bonchev–Trinajstić information content (AvgIpc) is 2.66. The van der Waals surface area contributed by atoms with Crippen LogP contribution in [-0.4, -0.2) is 50.3 Å². The van der Waals surface area contributed by atoms with Gasteiger partial charge in [-0.2, -0.15) is 0 Å². The van der Waals surface area contributed by atoms with Crippen LogP contribution in [0.2, 0.25) is 0 Å². The Morgan fingerprint density at radius 1 is 1.31 bits per heavy atom. The third kappa shape index (κ3) is 7.58. The Labute approximate surface area is 157 Å². The Balaban J connectivity index is 1.72. The van der Waals surface area contributed by atoms with Gasteiger partial charge in [0.2, 0.25) is 5.91 Å². The van der Waals surface area contributed by atoms with Crippen molar-refractivity contribution in [3.8, 4) is 5.75 Å². The molecule has 1 heterocycles. The number of unbranched alkanes of at least 4 members (excludes halogenated alkanes) is 1. The van der Waals surface area contributed by atoms with E-state index >= 15 is 0 Å². The lowest BCUT2D eigenvalue weighted by Gasteiger charge is -2.26. The van der Waals surface area contributed by atoms with Gasteiger partial charge in [0.1, 0.15) is 12.4 Å². The number of nitrogens with zero attached hydrogens (tertiary/aromatic N) is 1. The molecule has 0 radical (unpaired) electrons. The van der Waals surface area contributed by atoms with Crippen molar-refractivity contribution in [2.75, 3.05) is 39.5 Å². The maximum atomic E-state index is 11.5. The van der Waals surface area contributed by atoms with Gasteiger partial charge in [0.05, 0.1) is 13.2 Å². The molecule has 0 aromatic heterocycles. The molecule has 1 fully saturated rings. The second-order valence-electron chi connectivity index (χ2n) is 6.75. The molecule has 5 heteroatoms. The number of carbonyl (C=O) groups excluding carboxylic acids is 1. The Hall–Kier alpha value is -1.85. The van der Waals surface area contributed by atoms with Crippen molar-refractivity contribution in [1.29, 1.82) is 0 Å². The van der Waals surface area contributed by atoms with Crippen LogP contribution in [-0.2, 0) is 9.53 Å². The first-order valence-corrected chi connectivity index (χ1v) is 9.68. The quantitative estimate of drug-likeness (QED) is 0.659. The number of carbonyl (C=O) groups is 1. The zero-order valence-corrected chi connectivity index (χ0v) is 15.9. The monoisotopic (exact) mass is 360 g/mol. The number of morpholine rings is 1. The van der Waals surface area contributed by atoms with E-state index in [1.807, 2.05) is 36.4 Å². The zero-order chi connectivity index (χ0) is 18.6. The molecule has 1 aromatic carbocycles. The van der Waals surface area contributed by atoms with E-state index < -0.39 is 0 Å². The first-order chi connectivity index (χ1) is 12.7. The van der Waals surface area contributed by atoms with Crippen molar-refractivity contribution in [2.24, 2.45) is 11.7 Å². The molecule has 0 bridgehead atoms. The number of ether oxygens (including phenoxy) is 2. The highest BCUT2D eigenvalue weighted by atomic mass is 16.5. The van der Waals surface area contributed by atoms with E-state index in [2.05, 4.69) is 11.8 Å². The number of allylic oxidation sites excluding steroid dienone is 1. The highest BCUT2D eigenvalue weighted by Crippen LogP contribution is 2.16. The Morgan fingerprint density at radius 3 is 2.69 bits per heavy atom. The van der Waals surface area contributed by atoms with E-state index in [0.29, 0.717) is 13.0 Å². The number of rotatable bonds is 11. The fraction of sp³-hybridized carbons (Fsp3) is 0.571. The molecule has 1 aromatic rings. The molecule has 1 aliphatic heterocycles. The van der Waals surface area contributed by atoms with Crippen LogP contribution in [0.4, 0.5) is 0 Å². The van der Waals surface area contributed by atoms with Crippen molar-refractivity contribution < 1.29 is 14.3 Å². The van der Waals surface area contributed by atoms with E-state index in [1.54, 1.807) is 0 Å². The second kappa shape index (κ2) is 11.7. The summed E-state index contributed by atoms with van der Waals surface area (Å²) in [6.07, 6.45) is 7.77. The Bertz CT molecular complexity index is 551. The topological polar surface area (TPSA) is 64.8 Å². The van der Waals surface area contributed by atoms with Crippen LogP contribution in [0.25, 0.3) is 6.08 Å². The SMILES string of the molecule is CCCC[C@H](C/C=C/c1ccc(OCCN2CCOCC2)cc1)C(N)=O. The smallest absolute Gasteiger partial charge is 0.220 e. The summed E-state index contributed by atoms with van der Waals surface area (Å²) in [5.74, 6) is 0.620. The molecular formula is C21H32N2O3. The fourth-order valence-electron chi connectivity index (χ4n) is 2.99. The molecule has 1 saturated heterocycles. The second-order valence-corrected chi connectivity index (χ2v) is 6.75. The van der Waals surface area contributed by atoms with Crippen molar-refractivity contribution in [3.05, 3.63) is 35.9 Å². The summed E-state index contributed by atoms with van der Waals surface area (Å²) in [6.45, 7) is 7.34. The van der Waals surface area contributed by atoms with Gasteiger partial charge in [0.15, 0.2) is 0 Å². The summed E-state index contributed by atoms with van der Waals surface area (Å²) in [7, 11) is 0. The number of nitrogens with two attached hydrogens (primary N) is 1. The first kappa shape index (κ1) is 20.5. The molecule has 0 unspecified atom stereocenters. The summed E-state index contributed by atoms with van der Waals surface area (Å²) in [6, 6.07) is 8.04. The number of amides is 1. The minimum absolute atomic E-state index is 0.0611. The standard InChI is InChI=1S/C21H32N2O3/c1-2-3-6-19(21(22)24)7-4-5-18-8-10-20(11-9-18)26-17-14-23-12-15-25-16-13-23/h4-5,8-11,19H,2-3,6-7,12-17H2,1H3,(H2,22,24)/b5-4+/t19-/m1/s1. The number of benzene rings is 1. The molecule has 2 N–H and O–H groups in total.